The number of nitrogens with one attached hydrogen (secondary N) is 2. The first-order chi connectivity index (χ1) is 27.8. The highest BCUT2D eigenvalue weighted by atomic mass is 16.6. The van der Waals surface area contributed by atoms with Gasteiger partial charge in [0.15, 0.2) is 11.6 Å². The Labute approximate surface area is 349 Å². The molecule has 0 radical (unpaired) electrons. The van der Waals surface area contributed by atoms with E-state index in [-0.39, 0.29) is 53.8 Å². The van der Waals surface area contributed by atoms with E-state index in [1.807, 2.05) is 88.4 Å². The lowest BCUT2D eigenvalue weighted by molar-refractivity contribution is -0.135. The van der Waals surface area contributed by atoms with Crippen molar-refractivity contribution in [1.82, 2.24) is 15.5 Å². The molecule has 0 saturated carbocycles. The average molecular weight is 800 g/mol. The summed E-state index contributed by atoms with van der Waals surface area (Å²) in [4.78, 5) is 71.9. The molecule has 2 saturated heterocycles. The van der Waals surface area contributed by atoms with Crippen LogP contribution in [0.1, 0.15) is 136 Å². The van der Waals surface area contributed by atoms with Gasteiger partial charge in [-0.05, 0) is 107 Å². The van der Waals surface area contributed by atoms with Crippen LogP contribution in [0, 0.1) is 23.7 Å². The van der Waals surface area contributed by atoms with Crippen molar-refractivity contribution < 1.29 is 28.7 Å². The minimum atomic E-state index is -0.894. The number of Topliss-reactive ketones (excluding diaryl/α,β-unsaturated/α-hetero) is 3. The summed E-state index contributed by atoms with van der Waals surface area (Å²) in [6, 6.07) is 18.0. The highest BCUT2D eigenvalue weighted by Crippen LogP contribution is 2.30. The molecule has 0 spiro atoms. The van der Waals surface area contributed by atoms with Crippen molar-refractivity contribution in [3.8, 4) is 0 Å². The van der Waals surface area contributed by atoms with Gasteiger partial charge in [0.1, 0.15) is 11.4 Å². The number of aryl methyl sites for hydroxylation is 1. The number of hydrogen-bond acceptors (Lipinski definition) is 7. The number of likely N-dealkylation sites (tertiary alicyclic amines) is 1. The quantitative estimate of drug-likeness (QED) is 0.0656. The summed E-state index contributed by atoms with van der Waals surface area (Å²) in [5.41, 5.74) is 1.11. The highest BCUT2D eigenvalue weighted by Gasteiger charge is 2.50. The lowest BCUT2D eigenvalue weighted by Gasteiger charge is -2.27. The predicted molar refractivity (Wildman–Crippen MR) is 231 cm³/mol. The van der Waals surface area contributed by atoms with Crippen molar-refractivity contribution in [3.05, 3.63) is 71.8 Å². The van der Waals surface area contributed by atoms with Crippen LogP contribution in [-0.2, 0) is 41.6 Å². The minimum absolute atomic E-state index is 0.0869. The van der Waals surface area contributed by atoms with Crippen molar-refractivity contribution in [1.29, 1.82) is 0 Å². The summed E-state index contributed by atoms with van der Waals surface area (Å²) < 4.78 is 5.45. The number of hydrogen-bond donors (Lipinski definition) is 2. The molecular weight excluding hydrogens is 727 g/mol. The molecule has 2 aromatic rings. The van der Waals surface area contributed by atoms with Crippen molar-refractivity contribution in [3.63, 3.8) is 0 Å². The summed E-state index contributed by atoms with van der Waals surface area (Å²) in [5.74, 6) is -2.02. The van der Waals surface area contributed by atoms with Crippen molar-refractivity contribution in [2.24, 2.45) is 23.7 Å². The molecule has 2 amide bonds. The highest BCUT2D eigenvalue weighted by molar-refractivity contribution is 5.98. The third kappa shape index (κ3) is 16.9. The van der Waals surface area contributed by atoms with Gasteiger partial charge < -0.3 is 20.3 Å². The van der Waals surface area contributed by atoms with Gasteiger partial charge in [-0.2, -0.15) is 0 Å². The summed E-state index contributed by atoms with van der Waals surface area (Å²) in [5, 5.41) is 6.09. The summed E-state index contributed by atoms with van der Waals surface area (Å²) in [6.07, 6.45) is 12.1. The third-order valence-corrected chi connectivity index (χ3v) is 11.8. The van der Waals surface area contributed by atoms with E-state index >= 15 is 0 Å². The number of carbonyl (C=O) groups excluding carboxylic acids is 5. The third-order valence-electron chi connectivity index (χ3n) is 11.8. The molecule has 0 bridgehead atoms. The number of benzene rings is 2. The molecule has 4 rings (SSSR count). The lowest BCUT2D eigenvalue weighted by atomic mass is 9.87. The van der Waals surface area contributed by atoms with Gasteiger partial charge in [-0.25, -0.2) is 0 Å². The lowest BCUT2D eigenvalue weighted by Crippen LogP contribution is -2.50. The second-order valence-electron chi connectivity index (χ2n) is 18.2. The van der Waals surface area contributed by atoms with E-state index < -0.39 is 29.5 Å². The fourth-order valence-corrected chi connectivity index (χ4v) is 8.24. The Kier molecular flexibility index (Phi) is 19.8. The Balaban J connectivity index is 1.41. The maximum absolute atomic E-state index is 14.3. The number of ketones is 3. The second kappa shape index (κ2) is 24.4. The molecule has 2 aromatic carbocycles. The zero-order chi connectivity index (χ0) is 41.9. The van der Waals surface area contributed by atoms with E-state index in [0.29, 0.717) is 45.1 Å². The number of ether oxygens (including phenoxy) is 1. The van der Waals surface area contributed by atoms with E-state index in [4.69, 9.17) is 4.74 Å². The van der Waals surface area contributed by atoms with Gasteiger partial charge in [-0.1, -0.05) is 114 Å². The van der Waals surface area contributed by atoms with E-state index in [0.717, 1.165) is 30.4 Å². The number of unbranched alkanes of at least 4 members (excludes halogenated alkanes) is 4. The first-order valence-corrected chi connectivity index (χ1v) is 22.5. The number of nitrogens with zero attached hydrogens (tertiary/aromatic N) is 1. The minimum Gasteiger partial charge on any atom is -0.361 e. The van der Waals surface area contributed by atoms with Gasteiger partial charge in [0.2, 0.25) is 11.8 Å². The van der Waals surface area contributed by atoms with Crippen molar-refractivity contribution in [2.45, 2.75) is 155 Å². The Morgan fingerprint density at radius 2 is 1.24 bits per heavy atom. The number of carbonyl (C=O) groups is 5. The van der Waals surface area contributed by atoms with Gasteiger partial charge in [0, 0.05) is 31.1 Å². The molecule has 2 heterocycles. The number of epoxide rings is 1. The molecule has 0 aromatic heterocycles. The molecule has 2 aliphatic heterocycles. The van der Waals surface area contributed by atoms with Crippen molar-refractivity contribution >= 4 is 29.2 Å². The predicted octanol–water partition coefficient (Wildman–Crippen LogP) is 8.26. The van der Waals surface area contributed by atoms with Crippen LogP contribution < -0.4 is 10.6 Å². The van der Waals surface area contributed by atoms with Crippen LogP contribution in [-0.4, -0.2) is 78.0 Å². The Morgan fingerprint density at radius 3 is 1.86 bits per heavy atom. The molecule has 2 N–H and O–H groups in total. The monoisotopic (exact) mass is 800 g/mol. The standard InChI is InChI=1S/C49H73N3O6/c1-36(2)30-43(45(54)34-41(32-39-22-14-10-15-23-39)48(57)51-44(31-37(3)4)46(55)49(5)35-58-49)50-47(56)40(26-25-38-20-12-9-13-21-38)33-42(53)24-16-7-6-8-17-27-52-28-18-11-19-29-52/h9-10,12-15,20-23,36-37,40-41,43-44H,6-8,11,16-19,24-35H2,1-5H3,(H,50,56)(H,51,57)/t40?,41-,43+,44+,49-/m1/s1. The van der Waals surface area contributed by atoms with Crippen LogP contribution in [0.4, 0.5) is 0 Å². The Bertz CT molecular complexity index is 1570. The number of rotatable bonds is 28. The van der Waals surface area contributed by atoms with Gasteiger partial charge in [0.25, 0.3) is 0 Å². The van der Waals surface area contributed by atoms with Gasteiger partial charge in [0.05, 0.1) is 18.7 Å². The zero-order valence-electron chi connectivity index (χ0n) is 36.3. The van der Waals surface area contributed by atoms with Crippen LogP contribution in [0.2, 0.25) is 0 Å². The summed E-state index contributed by atoms with van der Waals surface area (Å²) >= 11 is 0. The molecule has 9 nitrogen and oxygen atoms in total. The first kappa shape index (κ1) is 47.0. The number of amides is 2. The largest absolute Gasteiger partial charge is 0.361 e. The zero-order valence-corrected chi connectivity index (χ0v) is 36.3. The van der Waals surface area contributed by atoms with Crippen LogP contribution >= 0.6 is 0 Å². The molecule has 1 unspecified atom stereocenters. The Morgan fingerprint density at radius 1 is 0.690 bits per heavy atom. The smallest absolute Gasteiger partial charge is 0.224 e. The summed E-state index contributed by atoms with van der Waals surface area (Å²) in [7, 11) is 0. The SMILES string of the molecule is CC(C)C[C@H](NC(=O)C(CCc1ccccc1)CC(=O)CCCCCCCN1CCCCC1)C(=O)C[C@@H](Cc1ccccc1)C(=O)N[C@@H](CC(C)C)C(=O)[C@@]1(C)CO1. The summed E-state index contributed by atoms with van der Waals surface area (Å²) in [6.45, 7) is 13.7. The van der Waals surface area contributed by atoms with E-state index in [1.165, 1.54) is 51.7 Å². The first-order valence-electron chi connectivity index (χ1n) is 22.5. The van der Waals surface area contributed by atoms with Gasteiger partial charge in [-0.3, -0.25) is 24.0 Å². The van der Waals surface area contributed by atoms with Crippen molar-refractivity contribution in [2.75, 3.05) is 26.2 Å². The maximum Gasteiger partial charge on any atom is 0.224 e. The van der Waals surface area contributed by atoms with Gasteiger partial charge in [-0.15, -0.1) is 0 Å². The van der Waals surface area contributed by atoms with Crippen LogP contribution in [0.15, 0.2) is 60.7 Å². The normalized spacial score (nSPS) is 18.9. The Hall–Kier alpha value is -3.69. The van der Waals surface area contributed by atoms with E-state index in [9.17, 15) is 24.0 Å². The molecule has 9 heteroatoms. The van der Waals surface area contributed by atoms with Crippen LogP contribution in [0.25, 0.3) is 0 Å². The van der Waals surface area contributed by atoms with Crippen LogP contribution in [0.5, 0.6) is 0 Å². The average Bonchev–Trinajstić information content (AvgIpc) is 3.96. The molecule has 320 valence electrons. The molecule has 58 heavy (non-hydrogen) atoms. The molecule has 5 atom stereocenters. The number of piperidine rings is 1. The molecule has 2 fully saturated rings. The molecular formula is C49H73N3O6. The maximum atomic E-state index is 14.3. The second-order valence-corrected chi connectivity index (χ2v) is 18.2. The topological polar surface area (TPSA) is 125 Å². The van der Waals surface area contributed by atoms with Gasteiger partial charge >= 0.3 is 0 Å². The van der Waals surface area contributed by atoms with E-state index in [2.05, 4.69) is 15.5 Å². The molecule has 2 aliphatic rings. The molecule has 0 aliphatic carbocycles. The fraction of sp³-hybridized carbons (Fsp3) is 0.653. The fourth-order valence-electron chi connectivity index (χ4n) is 8.24. The van der Waals surface area contributed by atoms with E-state index in [1.54, 1.807) is 6.92 Å². The van der Waals surface area contributed by atoms with Crippen LogP contribution in [0.3, 0.4) is 0 Å².